The fourth-order valence-corrected chi connectivity index (χ4v) is 6.68. The molecule has 0 amide bonds. The first kappa shape index (κ1) is 19.8. The molecule has 7 nitrogen and oxygen atoms in total. The number of hydrogen-bond acceptors (Lipinski definition) is 7. The number of aliphatic hydroxyl groups is 5. The SMILES string of the molecule is CC[C@H]1[C@H]2[C@@H]3C=CC[C@@]2(C)[C@](C)([C@@H]1O)[C@@H]3O[C@@H]1O[C@H](CO)[C@@H](O)[C@H](O)[C@H]1O. The standard InChI is InChI=1S/C20H32O7/c1-4-9-12-10-6-5-7-19(12,2)20(3,16(9)25)17(10)27-18-15(24)14(23)13(22)11(8-21)26-18/h5-6,9-18,21-25H,4,7-8H2,1-3H3/t9-,10-,11+,12-,13+,14-,15+,16+,17+,18-,19+,20+/m0/s1. The average molecular weight is 384 g/mol. The molecule has 0 aromatic carbocycles. The van der Waals surface area contributed by atoms with Gasteiger partial charge < -0.3 is 35.0 Å². The van der Waals surface area contributed by atoms with E-state index in [0.717, 1.165) is 12.8 Å². The van der Waals surface area contributed by atoms with Gasteiger partial charge in [0.25, 0.3) is 0 Å². The molecule has 1 heterocycles. The van der Waals surface area contributed by atoms with Gasteiger partial charge in [0.05, 0.1) is 18.8 Å². The van der Waals surface area contributed by atoms with Crippen LogP contribution >= 0.6 is 0 Å². The highest BCUT2D eigenvalue weighted by molar-refractivity contribution is 5.29. The van der Waals surface area contributed by atoms with E-state index in [1.165, 1.54) is 0 Å². The predicted octanol–water partition coefficient (Wildman–Crippen LogP) is -0.209. The van der Waals surface area contributed by atoms with Crippen LogP contribution in [0.2, 0.25) is 0 Å². The zero-order valence-corrected chi connectivity index (χ0v) is 16.1. The lowest BCUT2D eigenvalue weighted by molar-refractivity contribution is -0.326. The van der Waals surface area contributed by atoms with Crippen LogP contribution in [0.3, 0.4) is 0 Å². The van der Waals surface area contributed by atoms with Gasteiger partial charge in [0.1, 0.15) is 24.4 Å². The van der Waals surface area contributed by atoms with E-state index in [1.54, 1.807) is 0 Å². The van der Waals surface area contributed by atoms with Crippen molar-refractivity contribution in [1.29, 1.82) is 0 Å². The fourth-order valence-electron chi connectivity index (χ4n) is 6.68. The Hall–Kier alpha value is -0.540. The molecule has 27 heavy (non-hydrogen) atoms. The van der Waals surface area contributed by atoms with Crippen molar-refractivity contribution in [2.45, 2.75) is 76.5 Å². The predicted molar refractivity (Wildman–Crippen MR) is 95.4 cm³/mol. The van der Waals surface area contributed by atoms with E-state index in [1.807, 2.05) is 0 Å². The van der Waals surface area contributed by atoms with Crippen molar-refractivity contribution >= 4 is 0 Å². The lowest BCUT2D eigenvalue weighted by atomic mass is 9.65. The van der Waals surface area contributed by atoms with Crippen LogP contribution in [0.1, 0.15) is 33.6 Å². The smallest absolute Gasteiger partial charge is 0.187 e. The Labute approximate surface area is 159 Å². The Morgan fingerprint density at radius 2 is 1.81 bits per heavy atom. The van der Waals surface area contributed by atoms with Crippen molar-refractivity contribution in [1.82, 2.24) is 0 Å². The Morgan fingerprint density at radius 1 is 1.11 bits per heavy atom. The minimum Gasteiger partial charge on any atom is -0.394 e. The number of allylic oxidation sites excluding steroid dienone is 1. The molecule has 0 radical (unpaired) electrons. The molecule has 4 aliphatic rings. The van der Waals surface area contributed by atoms with Crippen LogP contribution in [0.25, 0.3) is 0 Å². The molecule has 0 unspecified atom stereocenters. The maximum atomic E-state index is 11.2. The van der Waals surface area contributed by atoms with Gasteiger partial charge in [-0.3, -0.25) is 0 Å². The van der Waals surface area contributed by atoms with Crippen molar-refractivity contribution in [3.63, 3.8) is 0 Å². The molecule has 0 aromatic rings. The Bertz CT molecular complexity index is 609. The summed E-state index contributed by atoms with van der Waals surface area (Å²) in [6, 6.07) is 0. The number of ether oxygens (including phenoxy) is 2. The minimum atomic E-state index is -1.47. The van der Waals surface area contributed by atoms with Crippen molar-refractivity contribution in [2.75, 3.05) is 6.61 Å². The third-order valence-corrected chi connectivity index (χ3v) is 8.30. The molecule has 1 saturated heterocycles. The summed E-state index contributed by atoms with van der Waals surface area (Å²) >= 11 is 0. The van der Waals surface area contributed by atoms with E-state index >= 15 is 0 Å². The Morgan fingerprint density at radius 3 is 2.44 bits per heavy atom. The normalized spacial score (nSPS) is 59.4. The molecule has 1 aliphatic heterocycles. The molecule has 2 saturated carbocycles. The molecule has 4 bridgehead atoms. The number of hydrogen-bond donors (Lipinski definition) is 5. The van der Waals surface area contributed by atoms with Gasteiger partial charge in [-0.15, -0.1) is 0 Å². The summed E-state index contributed by atoms with van der Waals surface area (Å²) in [7, 11) is 0. The monoisotopic (exact) mass is 384 g/mol. The van der Waals surface area contributed by atoms with Crippen molar-refractivity contribution in [2.24, 2.45) is 28.6 Å². The summed E-state index contributed by atoms with van der Waals surface area (Å²) in [5.74, 6) is 0.571. The molecule has 0 spiro atoms. The van der Waals surface area contributed by atoms with Gasteiger partial charge in [0.15, 0.2) is 6.29 Å². The van der Waals surface area contributed by atoms with Gasteiger partial charge in [-0.05, 0) is 23.7 Å². The topological polar surface area (TPSA) is 120 Å². The van der Waals surface area contributed by atoms with Crippen molar-refractivity contribution < 1.29 is 35.0 Å². The second-order valence-corrected chi connectivity index (χ2v) is 9.21. The van der Waals surface area contributed by atoms with Gasteiger partial charge in [0, 0.05) is 11.3 Å². The van der Waals surface area contributed by atoms with Crippen molar-refractivity contribution in [3.05, 3.63) is 12.2 Å². The van der Waals surface area contributed by atoms with Crippen LogP contribution in [-0.4, -0.2) is 75.1 Å². The van der Waals surface area contributed by atoms with Crippen LogP contribution in [0.4, 0.5) is 0 Å². The molecular weight excluding hydrogens is 352 g/mol. The first-order valence-corrected chi connectivity index (χ1v) is 10.0. The van der Waals surface area contributed by atoms with Crippen LogP contribution in [0.5, 0.6) is 0 Å². The summed E-state index contributed by atoms with van der Waals surface area (Å²) in [5, 5.41) is 51.0. The maximum Gasteiger partial charge on any atom is 0.187 e. The largest absolute Gasteiger partial charge is 0.394 e. The summed E-state index contributed by atoms with van der Waals surface area (Å²) < 4.78 is 11.8. The summed E-state index contributed by atoms with van der Waals surface area (Å²) in [5.41, 5.74) is -0.642. The molecule has 4 rings (SSSR count). The number of aliphatic hydroxyl groups excluding tert-OH is 5. The summed E-state index contributed by atoms with van der Waals surface area (Å²) in [6.07, 6.45) is -1.32. The molecule has 5 N–H and O–H groups in total. The quantitative estimate of drug-likeness (QED) is 0.426. The first-order chi connectivity index (χ1) is 12.7. The third kappa shape index (κ3) is 2.34. The molecule has 7 heteroatoms. The zero-order valence-electron chi connectivity index (χ0n) is 16.1. The van der Waals surface area contributed by atoms with Gasteiger partial charge in [-0.1, -0.05) is 39.3 Å². The van der Waals surface area contributed by atoms with Gasteiger partial charge in [-0.2, -0.15) is 0 Å². The number of rotatable bonds is 4. The molecule has 3 aliphatic carbocycles. The Kier molecular flexibility index (Phi) is 4.75. The highest BCUT2D eigenvalue weighted by Crippen LogP contribution is 2.74. The molecular formula is C20H32O7. The zero-order chi connectivity index (χ0) is 19.7. The van der Waals surface area contributed by atoms with Crippen LogP contribution in [-0.2, 0) is 9.47 Å². The van der Waals surface area contributed by atoms with Gasteiger partial charge >= 0.3 is 0 Å². The molecule has 12 atom stereocenters. The Balaban J connectivity index is 1.64. The van der Waals surface area contributed by atoms with E-state index in [2.05, 4.69) is 32.9 Å². The average Bonchev–Trinajstić information content (AvgIpc) is 2.88. The highest BCUT2D eigenvalue weighted by Gasteiger charge is 2.76. The molecule has 154 valence electrons. The minimum absolute atomic E-state index is 0.0921. The van der Waals surface area contributed by atoms with E-state index in [9.17, 15) is 25.5 Å². The third-order valence-electron chi connectivity index (χ3n) is 8.30. The molecule has 3 fully saturated rings. The molecule has 0 aromatic heterocycles. The maximum absolute atomic E-state index is 11.2. The van der Waals surface area contributed by atoms with E-state index in [4.69, 9.17) is 9.47 Å². The van der Waals surface area contributed by atoms with Crippen LogP contribution in [0, 0.1) is 28.6 Å². The van der Waals surface area contributed by atoms with Crippen LogP contribution in [0.15, 0.2) is 12.2 Å². The first-order valence-electron chi connectivity index (χ1n) is 10.0. The second-order valence-electron chi connectivity index (χ2n) is 9.21. The van der Waals surface area contributed by atoms with E-state index in [-0.39, 0.29) is 29.3 Å². The van der Waals surface area contributed by atoms with Crippen LogP contribution < -0.4 is 0 Å². The highest BCUT2D eigenvalue weighted by atomic mass is 16.7. The summed E-state index contributed by atoms with van der Waals surface area (Å²) in [6.45, 7) is 5.89. The second kappa shape index (κ2) is 6.49. The fraction of sp³-hybridized carbons (Fsp3) is 0.900. The lowest BCUT2D eigenvalue weighted by Gasteiger charge is -2.47. The van der Waals surface area contributed by atoms with E-state index in [0.29, 0.717) is 0 Å². The van der Waals surface area contributed by atoms with E-state index < -0.39 is 48.8 Å². The summed E-state index contributed by atoms with van der Waals surface area (Å²) in [4.78, 5) is 0. The van der Waals surface area contributed by atoms with Crippen molar-refractivity contribution in [3.8, 4) is 0 Å². The lowest BCUT2D eigenvalue weighted by Crippen LogP contribution is -2.61. The van der Waals surface area contributed by atoms with Gasteiger partial charge in [0.2, 0.25) is 0 Å². The van der Waals surface area contributed by atoms with Gasteiger partial charge in [-0.25, -0.2) is 0 Å².